The number of ether oxygens (including phenoxy) is 2. The van der Waals surface area contributed by atoms with E-state index in [1.165, 1.54) is 12.2 Å². The first-order chi connectivity index (χ1) is 18.0. The van der Waals surface area contributed by atoms with Gasteiger partial charge in [-0.3, -0.25) is 0 Å². The molecule has 37 heavy (non-hydrogen) atoms. The summed E-state index contributed by atoms with van der Waals surface area (Å²) in [5, 5.41) is 3.91. The number of nitrogens with one attached hydrogen (secondary N) is 1. The van der Waals surface area contributed by atoms with Crippen LogP contribution in [0, 0.1) is 11.8 Å². The van der Waals surface area contributed by atoms with Crippen LogP contribution in [0.3, 0.4) is 0 Å². The zero-order valence-electron chi connectivity index (χ0n) is 20.5. The molecule has 0 saturated carbocycles. The first kappa shape index (κ1) is 25.8. The molecule has 2 aliphatic heterocycles. The predicted octanol–water partition coefficient (Wildman–Crippen LogP) is 3.37. The van der Waals surface area contributed by atoms with Gasteiger partial charge in [0.05, 0.1) is 19.0 Å². The molecule has 3 aliphatic rings. The maximum atomic E-state index is 14.4. The Morgan fingerprint density at radius 3 is 2.70 bits per heavy atom. The van der Waals surface area contributed by atoms with Gasteiger partial charge in [-0.2, -0.15) is 4.98 Å². The number of piperidine rings is 1. The number of hydrogen-bond donors (Lipinski definition) is 1. The Kier molecular flexibility index (Phi) is 8.16. The van der Waals surface area contributed by atoms with Gasteiger partial charge in [0.25, 0.3) is 0 Å². The molecule has 2 fully saturated rings. The lowest BCUT2D eigenvalue weighted by Gasteiger charge is -2.30. The van der Waals surface area contributed by atoms with Crippen LogP contribution in [0.4, 0.5) is 20.7 Å². The SMILES string of the molecule is COCc1noc(N2CCC(COc3cnc(N4C[C@H](NCl)[C@@H](C5=CC(F)CC=C5F)C4)nc3)CC2)n1. The van der Waals surface area contributed by atoms with Crippen LogP contribution in [0.25, 0.3) is 0 Å². The Bertz CT molecular complexity index is 1110. The Labute approximate surface area is 218 Å². The molecule has 0 spiro atoms. The minimum atomic E-state index is -1.19. The van der Waals surface area contributed by atoms with Gasteiger partial charge in [-0.25, -0.2) is 23.6 Å². The van der Waals surface area contributed by atoms with Crippen molar-refractivity contribution in [3.05, 3.63) is 41.8 Å². The fraction of sp³-hybridized carbons (Fsp3) is 0.583. The van der Waals surface area contributed by atoms with Crippen molar-refractivity contribution in [3.63, 3.8) is 0 Å². The zero-order valence-corrected chi connectivity index (χ0v) is 21.3. The normalized spacial score (nSPS) is 24.8. The van der Waals surface area contributed by atoms with E-state index in [1.807, 2.05) is 4.90 Å². The number of methoxy groups -OCH3 is 1. The van der Waals surface area contributed by atoms with Gasteiger partial charge in [-0.1, -0.05) is 5.16 Å². The van der Waals surface area contributed by atoms with Crippen molar-refractivity contribution in [1.82, 2.24) is 24.9 Å². The van der Waals surface area contributed by atoms with E-state index in [9.17, 15) is 8.78 Å². The average Bonchev–Trinajstić information content (AvgIpc) is 3.57. The van der Waals surface area contributed by atoms with Crippen molar-refractivity contribution < 1.29 is 22.8 Å². The number of halogens is 3. The fourth-order valence-corrected chi connectivity index (χ4v) is 5.20. The van der Waals surface area contributed by atoms with Crippen LogP contribution in [0.5, 0.6) is 5.75 Å². The molecule has 1 aliphatic carbocycles. The molecule has 1 unspecified atom stereocenters. The molecule has 0 radical (unpaired) electrons. The van der Waals surface area contributed by atoms with Gasteiger partial charge in [-0.15, -0.1) is 0 Å². The molecule has 5 rings (SSSR count). The van der Waals surface area contributed by atoms with Gasteiger partial charge in [0, 0.05) is 51.7 Å². The molecule has 13 heteroatoms. The van der Waals surface area contributed by atoms with Crippen LogP contribution in [0.1, 0.15) is 25.1 Å². The number of allylic oxidation sites excluding steroid dienone is 3. The highest BCUT2D eigenvalue weighted by atomic mass is 35.5. The van der Waals surface area contributed by atoms with Gasteiger partial charge < -0.3 is 23.8 Å². The standard InChI is InChI=1S/C24H30ClF2N7O3/c1-35-14-22-30-24(37-32-22)33-6-4-15(5-7-33)13-36-17-9-28-23(29-10-17)34-11-19(21(12-34)31-25)18-8-16(26)2-3-20(18)27/h3,8-10,15-16,19,21,31H,2,4-7,11-14H2,1H3/t16?,19-,21+/m1/s1. The molecule has 0 aromatic carbocycles. The lowest BCUT2D eigenvalue weighted by Crippen LogP contribution is -2.35. The summed E-state index contributed by atoms with van der Waals surface area (Å²) in [4.78, 5) is 19.9. The van der Waals surface area contributed by atoms with E-state index < -0.39 is 6.17 Å². The maximum Gasteiger partial charge on any atom is 0.324 e. The lowest BCUT2D eigenvalue weighted by molar-refractivity contribution is 0.174. The van der Waals surface area contributed by atoms with E-state index in [-0.39, 0.29) is 24.2 Å². The minimum absolute atomic E-state index is 0.0583. The number of aromatic nitrogens is 4. The van der Waals surface area contributed by atoms with Crippen LogP contribution in [-0.2, 0) is 11.3 Å². The third-order valence-electron chi connectivity index (χ3n) is 7.02. The molecule has 0 amide bonds. The Morgan fingerprint density at radius 1 is 1.19 bits per heavy atom. The second-order valence-corrected chi connectivity index (χ2v) is 9.76. The van der Waals surface area contributed by atoms with E-state index in [4.69, 9.17) is 25.8 Å². The van der Waals surface area contributed by atoms with Gasteiger partial charge in [0.1, 0.15) is 18.6 Å². The van der Waals surface area contributed by atoms with Crippen molar-refractivity contribution in [3.8, 4) is 5.75 Å². The largest absolute Gasteiger partial charge is 0.490 e. The van der Waals surface area contributed by atoms with E-state index in [2.05, 4.69) is 29.8 Å². The summed E-state index contributed by atoms with van der Waals surface area (Å²) in [6, 6.07) is 0.260. The van der Waals surface area contributed by atoms with Gasteiger partial charge >= 0.3 is 6.01 Å². The molecule has 3 atom stereocenters. The lowest BCUT2D eigenvalue weighted by atomic mass is 9.89. The van der Waals surface area contributed by atoms with E-state index in [0.717, 1.165) is 25.9 Å². The average molecular weight is 538 g/mol. The van der Waals surface area contributed by atoms with Crippen LogP contribution in [-0.4, -0.2) is 72.2 Å². The topological polar surface area (TPSA) is 102 Å². The smallest absolute Gasteiger partial charge is 0.324 e. The summed E-state index contributed by atoms with van der Waals surface area (Å²) < 4.78 is 44.6. The maximum absolute atomic E-state index is 14.4. The summed E-state index contributed by atoms with van der Waals surface area (Å²) in [5.74, 6) is 1.30. The van der Waals surface area contributed by atoms with Crippen molar-refractivity contribution in [2.75, 3.05) is 49.7 Å². The molecule has 2 aromatic rings. The molecule has 200 valence electrons. The molecule has 1 N–H and O–H groups in total. The molecule has 10 nitrogen and oxygen atoms in total. The van der Waals surface area contributed by atoms with Crippen molar-refractivity contribution >= 4 is 23.7 Å². The third kappa shape index (κ3) is 6.02. The molecule has 0 bridgehead atoms. The van der Waals surface area contributed by atoms with Gasteiger partial charge in [0.15, 0.2) is 11.6 Å². The summed E-state index contributed by atoms with van der Waals surface area (Å²) in [6.45, 7) is 3.39. The quantitative estimate of drug-likeness (QED) is 0.479. The summed E-state index contributed by atoms with van der Waals surface area (Å²) >= 11 is 5.94. The van der Waals surface area contributed by atoms with E-state index >= 15 is 0 Å². The summed E-state index contributed by atoms with van der Waals surface area (Å²) in [5.41, 5.74) is 0.347. The van der Waals surface area contributed by atoms with Gasteiger partial charge in [0.2, 0.25) is 5.95 Å². The van der Waals surface area contributed by atoms with Crippen LogP contribution in [0.15, 0.2) is 40.5 Å². The Hall–Kier alpha value is -2.83. The number of rotatable bonds is 9. The number of anilines is 2. The van der Waals surface area contributed by atoms with Crippen LogP contribution < -0.4 is 19.4 Å². The first-order valence-electron chi connectivity index (χ1n) is 12.4. The number of nitrogens with zero attached hydrogens (tertiary/aromatic N) is 6. The van der Waals surface area contributed by atoms with E-state index in [0.29, 0.717) is 61.3 Å². The number of alkyl halides is 1. The Balaban J connectivity index is 1.11. The highest BCUT2D eigenvalue weighted by molar-refractivity contribution is 6.13. The van der Waals surface area contributed by atoms with E-state index in [1.54, 1.807) is 19.5 Å². The zero-order chi connectivity index (χ0) is 25.8. The van der Waals surface area contributed by atoms with Gasteiger partial charge in [-0.05, 0) is 48.3 Å². The number of hydrogen-bond acceptors (Lipinski definition) is 10. The van der Waals surface area contributed by atoms with Crippen molar-refractivity contribution in [2.45, 2.75) is 38.1 Å². The highest BCUT2D eigenvalue weighted by Gasteiger charge is 2.38. The first-order valence-corrected chi connectivity index (χ1v) is 12.8. The van der Waals surface area contributed by atoms with Crippen molar-refractivity contribution in [2.24, 2.45) is 11.8 Å². The summed E-state index contributed by atoms with van der Waals surface area (Å²) in [6.07, 6.45) is 6.67. The minimum Gasteiger partial charge on any atom is -0.490 e. The van der Waals surface area contributed by atoms with Crippen LogP contribution in [0.2, 0.25) is 0 Å². The highest BCUT2D eigenvalue weighted by Crippen LogP contribution is 2.35. The third-order valence-corrected chi connectivity index (χ3v) is 7.30. The summed E-state index contributed by atoms with van der Waals surface area (Å²) in [7, 11) is 1.59. The molecule has 2 saturated heterocycles. The predicted molar refractivity (Wildman–Crippen MR) is 133 cm³/mol. The monoisotopic (exact) mass is 537 g/mol. The molecule has 4 heterocycles. The molecular formula is C24H30ClF2N7O3. The Morgan fingerprint density at radius 2 is 1.97 bits per heavy atom. The molecule has 2 aromatic heterocycles. The second kappa shape index (κ2) is 11.7. The fourth-order valence-electron chi connectivity index (χ4n) is 4.98. The second-order valence-electron chi connectivity index (χ2n) is 9.54. The van der Waals surface area contributed by atoms with Crippen LogP contribution >= 0.6 is 11.8 Å². The van der Waals surface area contributed by atoms with Crippen molar-refractivity contribution in [1.29, 1.82) is 0 Å². The molecular weight excluding hydrogens is 508 g/mol.